The van der Waals surface area contributed by atoms with Gasteiger partial charge in [-0.2, -0.15) is 0 Å². The fourth-order valence-electron chi connectivity index (χ4n) is 5.31. The van der Waals surface area contributed by atoms with Gasteiger partial charge < -0.3 is 10.2 Å². The van der Waals surface area contributed by atoms with Gasteiger partial charge in [-0.25, -0.2) is 8.42 Å². The van der Waals surface area contributed by atoms with E-state index >= 15 is 0 Å². The predicted octanol–water partition coefficient (Wildman–Crippen LogP) is 6.67. The van der Waals surface area contributed by atoms with Crippen LogP contribution in [0.5, 0.6) is 0 Å². The molecule has 7 nitrogen and oxygen atoms in total. The summed E-state index contributed by atoms with van der Waals surface area (Å²) in [5.74, 6) is -0.747. The van der Waals surface area contributed by atoms with Crippen molar-refractivity contribution in [1.82, 2.24) is 10.2 Å². The highest BCUT2D eigenvalue weighted by atomic mass is 35.5. The molecule has 0 aliphatic heterocycles. The van der Waals surface area contributed by atoms with Gasteiger partial charge in [-0.05, 0) is 74.6 Å². The summed E-state index contributed by atoms with van der Waals surface area (Å²) in [4.78, 5) is 29.4. The van der Waals surface area contributed by atoms with Gasteiger partial charge in [-0.15, -0.1) is 0 Å². The van der Waals surface area contributed by atoms with E-state index in [-0.39, 0.29) is 39.1 Å². The minimum Gasteiger partial charge on any atom is -0.352 e. The molecule has 10 heteroatoms. The average Bonchev–Trinajstić information content (AvgIpc) is 3.45. The van der Waals surface area contributed by atoms with E-state index in [0.29, 0.717) is 6.42 Å². The first kappa shape index (κ1) is 31.9. The average molecular weight is 631 g/mol. The van der Waals surface area contributed by atoms with Crippen molar-refractivity contribution in [2.75, 3.05) is 10.8 Å². The Kier molecular flexibility index (Phi) is 10.6. The molecule has 3 aromatic rings. The van der Waals surface area contributed by atoms with Crippen molar-refractivity contribution < 1.29 is 18.0 Å². The molecule has 1 saturated carbocycles. The number of benzene rings is 3. The van der Waals surface area contributed by atoms with Crippen molar-refractivity contribution in [2.24, 2.45) is 0 Å². The molecule has 0 radical (unpaired) electrons. The van der Waals surface area contributed by atoms with Crippen molar-refractivity contribution in [2.45, 2.75) is 76.4 Å². The van der Waals surface area contributed by atoms with Gasteiger partial charge in [-0.3, -0.25) is 13.9 Å². The molecule has 0 saturated heterocycles. The van der Waals surface area contributed by atoms with E-state index < -0.39 is 28.5 Å². The molecule has 2 amide bonds. The molecular weight excluding hydrogens is 593 g/mol. The number of carbonyl (C=O) groups excluding carboxylic acids is 2. The summed E-state index contributed by atoms with van der Waals surface area (Å²) in [7, 11) is -4.22. The standard InChI is InChI=1S/C32H37Cl2N3O4S/c1-4-30(32(39)35-27-11-7-8-12-27)36(20-24-10-6-5-9-23(24)3)31(38)21-37(28-18-25(33)17-26(34)19-28)42(40,41)29-15-13-22(2)14-16-29/h5-6,9-10,13-19,27,30H,4,7-8,11-12,20-21H2,1-3H3,(H,35,39)/t30-/m0/s1. The minimum absolute atomic E-state index is 0.0217. The summed E-state index contributed by atoms with van der Waals surface area (Å²) in [6, 6.07) is 17.8. The van der Waals surface area contributed by atoms with E-state index in [1.54, 1.807) is 12.1 Å². The molecule has 0 heterocycles. The normalized spacial score (nSPS) is 14.4. The Bertz CT molecular complexity index is 1500. The van der Waals surface area contributed by atoms with Crippen LogP contribution in [0.25, 0.3) is 0 Å². The van der Waals surface area contributed by atoms with E-state index in [1.165, 1.54) is 35.2 Å². The fourth-order valence-corrected chi connectivity index (χ4v) is 7.22. The number of rotatable bonds is 11. The number of hydrogen-bond donors (Lipinski definition) is 1. The Morgan fingerprint density at radius 3 is 2.17 bits per heavy atom. The summed E-state index contributed by atoms with van der Waals surface area (Å²) in [5.41, 5.74) is 2.88. The second kappa shape index (κ2) is 13.9. The zero-order valence-corrected chi connectivity index (χ0v) is 26.5. The maximum Gasteiger partial charge on any atom is 0.264 e. The van der Waals surface area contributed by atoms with Crippen LogP contribution in [0.1, 0.15) is 55.7 Å². The van der Waals surface area contributed by atoms with Crippen LogP contribution in [0.15, 0.2) is 71.6 Å². The third kappa shape index (κ3) is 7.65. The summed E-state index contributed by atoms with van der Waals surface area (Å²) in [6.45, 7) is 5.26. The van der Waals surface area contributed by atoms with Crippen molar-refractivity contribution in [3.05, 3.63) is 93.5 Å². The van der Waals surface area contributed by atoms with Crippen molar-refractivity contribution in [3.63, 3.8) is 0 Å². The quantitative estimate of drug-likeness (QED) is 0.256. The molecule has 1 N–H and O–H groups in total. The first-order valence-electron chi connectivity index (χ1n) is 14.2. The van der Waals surface area contributed by atoms with Crippen molar-refractivity contribution in [3.8, 4) is 0 Å². The lowest BCUT2D eigenvalue weighted by molar-refractivity contribution is -0.140. The van der Waals surface area contributed by atoms with E-state index in [0.717, 1.165) is 46.7 Å². The monoisotopic (exact) mass is 629 g/mol. The van der Waals surface area contributed by atoms with Gasteiger partial charge in [-0.1, -0.05) is 84.9 Å². The maximum absolute atomic E-state index is 14.3. The number of sulfonamides is 1. The van der Waals surface area contributed by atoms with Crippen LogP contribution in [0.4, 0.5) is 5.69 Å². The van der Waals surface area contributed by atoms with Gasteiger partial charge in [0.25, 0.3) is 10.0 Å². The molecule has 0 spiro atoms. The number of halogens is 2. The highest BCUT2D eigenvalue weighted by molar-refractivity contribution is 7.92. The molecule has 1 atom stereocenters. The molecule has 224 valence electrons. The van der Waals surface area contributed by atoms with Crippen LogP contribution in [0.3, 0.4) is 0 Å². The second-order valence-corrected chi connectivity index (χ2v) is 13.5. The van der Waals surface area contributed by atoms with E-state index in [4.69, 9.17) is 23.2 Å². The number of anilines is 1. The van der Waals surface area contributed by atoms with E-state index in [2.05, 4.69) is 5.32 Å². The Morgan fingerprint density at radius 1 is 0.952 bits per heavy atom. The molecule has 1 aliphatic rings. The van der Waals surface area contributed by atoms with Crippen LogP contribution in [0, 0.1) is 13.8 Å². The zero-order valence-electron chi connectivity index (χ0n) is 24.1. The molecule has 0 bridgehead atoms. The Balaban J connectivity index is 1.75. The third-order valence-corrected chi connectivity index (χ3v) is 9.94. The molecule has 3 aromatic carbocycles. The van der Waals surface area contributed by atoms with E-state index in [9.17, 15) is 18.0 Å². The SMILES string of the molecule is CC[C@@H](C(=O)NC1CCCC1)N(Cc1ccccc1C)C(=O)CN(c1cc(Cl)cc(Cl)c1)S(=O)(=O)c1ccc(C)cc1. The molecule has 42 heavy (non-hydrogen) atoms. The summed E-state index contributed by atoms with van der Waals surface area (Å²) in [6.07, 6.45) is 4.30. The number of carbonyl (C=O) groups is 2. The minimum atomic E-state index is -4.22. The van der Waals surface area contributed by atoms with Crippen molar-refractivity contribution >= 4 is 50.7 Å². The lowest BCUT2D eigenvalue weighted by atomic mass is 10.1. The largest absolute Gasteiger partial charge is 0.352 e. The first-order valence-corrected chi connectivity index (χ1v) is 16.4. The number of amides is 2. The molecule has 0 unspecified atom stereocenters. The summed E-state index contributed by atoms with van der Waals surface area (Å²) in [5, 5.41) is 3.59. The van der Waals surface area contributed by atoms with Crippen LogP contribution >= 0.6 is 23.2 Å². The van der Waals surface area contributed by atoms with Crippen LogP contribution in [-0.4, -0.2) is 43.8 Å². The molecule has 0 aromatic heterocycles. The first-order chi connectivity index (χ1) is 20.0. The van der Waals surface area contributed by atoms with Gasteiger partial charge in [0.1, 0.15) is 12.6 Å². The Hall–Kier alpha value is -3.07. The number of nitrogens with one attached hydrogen (secondary N) is 1. The van der Waals surface area contributed by atoms with Gasteiger partial charge in [0.15, 0.2) is 0 Å². The summed E-state index contributed by atoms with van der Waals surface area (Å²) < 4.78 is 29.1. The number of nitrogens with zero attached hydrogens (tertiary/aromatic N) is 2. The fraction of sp³-hybridized carbons (Fsp3) is 0.375. The van der Waals surface area contributed by atoms with Crippen LogP contribution in [-0.2, 0) is 26.2 Å². The third-order valence-electron chi connectivity index (χ3n) is 7.71. The van der Waals surface area contributed by atoms with Crippen molar-refractivity contribution in [1.29, 1.82) is 0 Å². The van der Waals surface area contributed by atoms with Gasteiger partial charge in [0, 0.05) is 22.6 Å². The topological polar surface area (TPSA) is 86.8 Å². The lowest BCUT2D eigenvalue weighted by Crippen LogP contribution is -2.53. The number of hydrogen-bond acceptors (Lipinski definition) is 4. The van der Waals surface area contributed by atoms with Crippen LogP contribution in [0.2, 0.25) is 10.0 Å². The Morgan fingerprint density at radius 2 is 1.57 bits per heavy atom. The smallest absolute Gasteiger partial charge is 0.264 e. The second-order valence-electron chi connectivity index (χ2n) is 10.8. The van der Waals surface area contributed by atoms with Crippen LogP contribution < -0.4 is 9.62 Å². The lowest BCUT2D eigenvalue weighted by Gasteiger charge is -2.34. The zero-order chi connectivity index (χ0) is 30.4. The highest BCUT2D eigenvalue weighted by Gasteiger charge is 2.35. The molecule has 1 aliphatic carbocycles. The number of aryl methyl sites for hydroxylation is 2. The predicted molar refractivity (Wildman–Crippen MR) is 168 cm³/mol. The molecule has 4 rings (SSSR count). The highest BCUT2D eigenvalue weighted by Crippen LogP contribution is 2.30. The van der Waals surface area contributed by atoms with Gasteiger partial charge in [0.2, 0.25) is 11.8 Å². The van der Waals surface area contributed by atoms with E-state index in [1.807, 2.05) is 45.0 Å². The maximum atomic E-state index is 14.3. The molecule has 1 fully saturated rings. The van der Waals surface area contributed by atoms with Gasteiger partial charge in [0.05, 0.1) is 10.6 Å². The molecular formula is C32H37Cl2N3O4S. The summed E-state index contributed by atoms with van der Waals surface area (Å²) >= 11 is 12.6. The Labute approximate surface area is 258 Å². The van der Waals surface area contributed by atoms with Gasteiger partial charge >= 0.3 is 0 Å².